The molecule has 1 N–H and O–H groups in total. The molecule has 0 saturated carbocycles. The Bertz CT molecular complexity index is 941. The molecule has 1 aliphatic rings. The van der Waals surface area contributed by atoms with E-state index >= 15 is 0 Å². The summed E-state index contributed by atoms with van der Waals surface area (Å²) in [5.74, 6) is -0.626. The number of rotatable bonds is 5. The maximum absolute atomic E-state index is 12.6. The normalized spacial score (nSPS) is 16.0. The van der Waals surface area contributed by atoms with Crippen molar-refractivity contribution in [2.24, 2.45) is 5.92 Å². The number of nitro groups is 1. The van der Waals surface area contributed by atoms with Gasteiger partial charge in [-0.2, -0.15) is 4.31 Å². The Labute approximate surface area is 156 Å². The van der Waals surface area contributed by atoms with Crippen molar-refractivity contribution >= 4 is 27.3 Å². The molecule has 2 aromatic rings. The Morgan fingerprint density at radius 2 is 1.96 bits per heavy atom. The summed E-state index contributed by atoms with van der Waals surface area (Å²) in [7, 11) is -3.62. The fourth-order valence-electron chi connectivity index (χ4n) is 2.95. The Morgan fingerprint density at radius 1 is 1.22 bits per heavy atom. The minimum absolute atomic E-state index is 0.106. The van der Waals surface area contributed by atoms with E-state index in [1.807, 2.05) is 0 Å². The lowest BCUT2D eigenvalue weighted by Gasteiger charge is -2.30. The molecule has 142 valence electrons. The molecule has 1 aromatic heterocycles. The summed E-state index contributed by atoms with van der Waals surface area (Å²) < 4.78 is 26.5. The molecule has 1 aromatic carbocycles. The van der Waals surface area contributed by atoms with Gasteiger partial charge in [-0.25, -0.2) is 8.42 Å². The van der Waals surface area contributed by atoms with Gasteiger partial charge in [-0.1, -0.05) is 6.07 Å². The largest absolute Gasteiger partial charge is 0.326 e. The Kier molecular flexibility index (Phi) is 5.47. The number of hydrogen-bond donors (Lipinski definition) is 1. The van der Waals surface area contributed by atoms with Crippen molar-refractivity contribution in [3.63, 3.8) is 0 Å². The molecule has 1 saturated heterocycles. The molecule has 1 amide bonds. The lowest BCUT2D eigenvalue weighted by Crippen LogP contribution is -2.41. The van der Waals surface area contributed by atoms with E-state index < -0.39 is 14.9 Å². The fourth-order valence-corrected chi connectivity index (χ4v) is 4.38. The summed E-state index contributed by atoms with van der Waals surface area (Å²) in [6.45, 7) is 0.453. The molecule has 3 rings (SSSR count). The number of nitro benzene ring substituents is 1. The van der Waals surface area contributed by atoms with Crippen molar-refractivity contribution < 1.29 is 18.1 Å². The van der Waals surface area contributed by atoms with Crippen LogP contribution in [0.15, 0.2) is 53.7 Å². The molecule has 0 unspecified atom stereocenters. The third-order valence-electron chi connectivity index (χ3n) is 4.42. The number of anilines is 1. The summed E-state index contributed by atoms with van der Waals surface area (Å²) in [5, 5.41) is 13.5. The van der Waals surface area contributed by atoms with Crippen LogP contribution < -0.4 is 5.32 Å². The zero-order valence-electron chi connectivity index (χ0n) is 14.3. The van der Waals surface area contributed by atoms with E-state index in [9.17, 15) is 23.3 Å². The number of carbonyl (C=O) groups is 1. The number of benzene rings is 1. The standard InChI is InChI=1S/C17H18N4O5S/c22-17(19-14-3-1-4-15(11-14)21(23)24)13-6-9-20(10-7-13)27(25,26)16-5-2-8-18-12-16/h1-5,8,11-13H,6-7,9-10H2,(H,19,22). The number of hydrogen-bond acceptors (Lipinski definition) is 6. The topological polar surface area (TPSA) is 123 Å². The summed E-state index contributed by atoms with van der Waals surface area (Å²) in [5.41, 5.74) is 0.241. The van der Waals surface area contributed by atoms with Crippen LogP contribution in [-0.4, -0.2) is 41.6 Å². The summed E-state index contributed by atoms with van der Waals surface area (Å²) in [4.78, 5) is 26.7. The van der Waals surface area contributed by atoms with Crippen LogP contribution in [0.5, 0.6) is 0 Å². The molecule has 2 heterocycles. The number of sulfonamides is 1. The van der Waals surface area contributed by atoms with Crippen LogP contribution in [0.25, 0.3) is 0 Å². The lowest BCUT2D eigenvalue weighted by molar-refractivity contribution is -0.384. The van der Waals surface area contributed by atoms with Crippen molar-refractivity contribution in [1.82, 2.24) is 9.29 Å². The van der Waals surface area contributed by atoms with Gasteiger partial charge in [-0.3, -0.25) is 19.9 Å². The van der Waals surface area contributed by atoms with Crippen molar-refractivity contribution in [3.8, 4) is 0 Å². The Balaban J connectivity index is 1.61. The minimum atomic E-state index is -3.62. The molecule has 0 radical (unpaired) electrons. The number of nitrogens with one attached hydrogen (secondary N) is 1. The molecule has 1 fully saturated rings. The zero-order chi connectivity index (χ0) is 19.4. The summed E-state index contributed by atoms with van der Waals surface area (Å²) in [6.07, 6.45) is 3.56. The predicted molar refractivity (Wildman–Crippen MR) is 97.4 cm³/mol. The second kappa shape index (κ2) is 7.80. The van der Waals surface area contributed by atoms with Gasteiger partial charge in [0.15, 0.2) is 0 Å². The van der Waals surface area contributed by atoms with Crippen molar-refractivity contribution in [1.29, 1.82) is 0 Å². The smallest absolute Gasteiger partial charge is 0.271 e. The van der Waals surface area contributed by atoms with Crippen LogP contribution in [0.2, 0.25) is 0 Å². The van der Waals surface area contributed by atoms with Gasteiger partial charge in [-0.15, -0.1) is 0 Å². The average molecular weight is 390 g/mol. The predicted octanol–water partition coefficient (Wildman–Crippen LogP) is 2.03. The van der Waals surface area contributed by atoms with Gasteiger partial charge in [0.25, 0.3) is 5.69 Å². The number of aromatic nitrogens is 1. The Morgan fingerprint density at radius 3 is 2.59 bits per heavy atom. The summed E-state index contributed by atoms with van der Waals surface area (Å²) in [6, 6.07) is 8.76. The molecule has 0 aliphatic carbocycles. The second-order valence-corrected chi connectivity index (χ2v) is 8.10. The number of nitrogens with zero attached hydrogens (tertiary/aromatic N) is 3. The molecule has 0 atom stereocenters. The van der Waals surface area contributed by atoms with E-state index in [4.69, 9.17) is 0 Å². The zero-order valence-corrected chi connectivity index (χ0v) is 15.1. The van der Waals surface area contributed by atoms with Crippen LogP contribution in [0.3, 0.4) is 0 Å². The van der Waals surface area contributed by atoms with E-state index in [0.717, 1.165) is 0 Å². The first-order valence-corrected chi connectivity index (χ1v) is 9.77. The maximum Gasteiger partial charge on any atom is 0.271 e. The van der Waals surface area contributed by atoms with Gasteiger partial charge in [-0.05, 0) is 31.0 Å². The van der Waals surface area contributed by atoms with Gasteiger partial charge in [0.2, 0.25) is 15.9 Å². The van der Waals surface area contributed by atoms with Crippen LogP contribution >= 0.6 is 0 Å². The van der Waals surface area contributed by atoms with E-state index in [0.29, 0.717) is 18.5 Å². The highest BCUT2D eigenvalue weighted by Crippen LogP contribution is 2.25. The number of non-ortho nitro benzene ring substituents is 1. The highest BCUT2D eigenvalue weighted by molar-refractivity contribution is 7.89. The van der Waals surface area contributed by atoms with Crippen LogP contribution in [0, 0.1) is 16.0 Å². The first-order valence-electron chi connectivity index (χ1n) is 8.33. The van der Waals surface area contributed by atoms with Gasteiger partial charge < -0.3 is 5.32 Å². The van der Waals surface area contributed by atoms with E-state index in [1.165, 1.54) is 41.0 Å². The molecule has 0 spiro atoms. The van der Waals surface area contributed by atoms with Gasteiger partial charge in [0, 0.05) is 49.2 Å². The quantitative estimate of drug-likeness (QED) is 0.616. The van der Waals surface area contributed by atoms with Crippen LogP contribution in [0.1, 0.15) is 12.8 Å². The summed E-state index contributed by atoms with van der Waals surface area (Å²) >= 11 is 0. The number of piperidine rings is 1. The molecule has 0 bridgehead atoms. The van der Waals surface area contributed by atoms with Gasteiger partial charge in [0.05, 0.1) is 4.92 Å². The number of carbonyl (C=O) groups excluding carboxylic acids is 1. The van der Waals surface area contributed by atoms with Crippen molar-refractivity contribution in [2.75, 3.05) is 18.4 Å². The van der Waals surface area contributed by atoms with E-state index in [1.54, 1.807) is 12.1 Å². The second-order valence-electron chi connectivity index (χ2n) is 6.16. The maximum atomic E-state index is 12.6. The highest BCUT2D eigenvalue weighted by atomic mass is 32.2. The van der Waals surface area contributed by atoms with Gasteiger partial charge >= 0.3 is 0 Å². The molecular formula is C17H18N4O5S. The minimum Gasteiger partial charge on any atom is -0.326 e. The third-order valence-corrected chi connectivity index (χ3v) is 6.30. The molecule has 1 aliphatic heterocycles. The van der Waals surface area contributed by atoms with Crippen molar-refractivity contribution in [2.45, 2.75) is 17.7 Å². The molecule has 9 nitrogen and oxygen atoms in total. The monoisotopic (exact) mass is 390 g/mol. The first-order chi connectivity index (χ1) is 12.9. The molecular weight excluding hydrogens is 372 g/mol. The van der Waals surface area contributed by atoms with E-state index in [-0.39, 0.29) is 35.5 Å². The lowest BCUT2D eigenvalue weighted by atomic mass is 9.97. The molecule has 27 heavy (non-hydrogen) atoms. The average Bonchev–Trinajstić information content (AvgIpc) is 2.69. The van der Waals surface area contributed by atoms with Crippen LogP contribution in [0.4, 0.5) is 11.4 Å². The molecule has 10 heteroatoms. The number of amides is 1. The Hall–Kier alpha value is -2.85. The first kappa shape index (κ1) is 18.9. The van der Waals surface area contributed by atoms with Crippen LogP contribution in [-0.2, 0) is 14.8 Å². The van der Waals surface area contributed by atoms with Crippen molar-refractivity contribution in [3.05, 3.63) is 58.9 Å². The SMILES string of the molecule is O=C(Nc1cccc([N+](=O)[O-])c1)C1CCN(S(=O)(=O)c2cccnc2)CC1. The number of pyridine rings is 1. The highest BCUT2D eigenvalue weighted by Gasteiger charge is 2.32. The third kappa shape index (κ3) is 4.29. The van der Waals surface area contributed by atoms with Gasteiger partial charge in [0.1, 0.15) is 4.90 Å². The van der Waals surface area contributed by atoms with E-state index in [2.05, 4.69) is 10.3 Å². The fraction of sp³-hybridized carbons (Fsp3) is 0.294.